The molecule has 1 N–H and O–H groups in total. The van der Waals surface area contributed by atoms with E-state index in [0.717, 1.165) is 11.1 Å². The molecule has 0 saturated heterocycles. The van der Waals surface area contributed by atoms with Crippen molar-refractivity contribution in [1.82, 2.24) is 15.2 Å². The number of nitrogens with one attached hydrogen (secondary N) is 1. The van der Waals surface area contributed by atoms with Crippen molar-refractivity contribution in [2.24, 2.45) is 5.10 Å². The number of aryl methyl sites for hydroxylation is 1. The molecule has 3 rings (SSSR count). The predicted molar refractivity (Wildman–Crippen MR) is 114 cm³/mol. The van der Waals surface area contributed by atoms with Crippen LogP contribution in [0.3, 0.4) is 0 Å². The molecule has 1 aliphatic heterocycles. The molecule has 158 valence electrons. The first kappa shape index (κ1) is 21.6. The summed E-state index contributed by atoms with van der Waals surface area (Å²) < 4.78 is 13.1. The number of carbonyl (C=O) groups is 2. The van der Waals surface area contributed by atoms with Crippen LogP contribution in [-0.4, -0.2) is 48.1 Å². The van der Waals surface area contributed by atoms with Gasteiger partial charge < -0.3 is 10.2 Å². The summed E-state index contributed by atoms with van der Waals surface area (Å²) >= 11 is 0. The fraction of sp³-hybridized carbons (Fsp3) is 0.348. The minimum atomic E-state index is -0.337. The van der Waals surface area contributed by atoms with Crippen molar-refractivity contribution in [1.29, 1.82) is 0 Å². The lowest BCUT2D eigenvalue weighted by atomic mass is 10.0. The second-order valence-corrected chi connectivity index (χ2v) is 7.72. The Labute approximate surface area is 176 Å². The van der Waals surface area contributed by atoms with Crippen molar-refractivity contribution in [3.63, 3.8) is 0 Å². The van der Waals surface area contributed by atoms with Crippen LogP contribution < -0.4 is 5.32 Å². The molecular weight excluding hydrogens is 383 g/mol. The molecule has 6 nitrogen and oxygen atoms in total. The molecule has 2 aromatic carbocycles. The minimum Gasteiger partial charge on any atom is -0.349 e. The van der Waals surface area contributed by atoms with Gasteiger partial charge in [0, 0.05) is 19.4 Å². The van der Waals surface area contributed by atoms with E-state index >= 15 is 0 Å². The van der Waals surface area contributed by atoms with E-state index in [1.165, 1.54) is 22.7 Å². The van der Waals surface area contributed by atoms with E-state index in [2.05, 4.69) is 39.6 Å². The van der Waals surface area contributed by atoms with Crippen molar-refractivity contribution in [3.8, 4) is 0 Å². The number of benzene rings is 2. The van der Waals surface area contributed by atoms with E-state index < -0.39 is 0 Å². The Morgan fingerprint density at radius 3 is 2.43 bits per heavy atom. The SMILES string of the molecule is Cc1ccc(C(CNC(=O)C2=NN(Cc3ccc(F)cc3)C(=O)CC2)N(C)C)cc1. The van der Waals surface area contributed by atoms with Crippen LogP contribution in [0.4, 0.5) is 4.39 Å². The zero-order chi connectivity index (χ0) is 21.7. The number of likely N-dealkylation sites (N-methyl/N-ethyl adjacent to an activating group) is 1. The van der Waals surface area contributed by atoms with Gasteiger partial charge in [0.25, 0.3) is 5.91 Å². The molecule has 7 heteroatoms. The third-order valence-electron chi connectivity index (χ3n) is 5.15. The molecule has 1 unspecified atom stereocenters. The molecule has 0 radical (unpaired) electrons. The highest BCUT2D eigenvalue weighted by molar-refractivity contribution is 6.39. The monoisotopic (exact) mass is 410 g/mol. The van der Waals surface area contributed by atoms with Gasteiger partial charge in [-0.3, -0.25) is 9.59 Å². The van der Waals surface area contributed by atoms with Crippen LogP contribution >= 0.6 is 0 Å². The summed E-state index contributed by atoms with van der Waals surface area (Å²) in [7, 11) is 3.94. The van der Waals surface area contributed by atoms with E-state index in [4.69, 9.17) is 0 Å². The molecular formula is C23H27FN4O2. The first-order valence-electron chi connectivity index (χ1n) is 9.97. The van der Waals surface area contributed by atoms with E-state index in [1.54, 1.807) is 12.1 Å². The van der Waals surface area contributed by atoms with Gasteiger partial charge in [0.1, 0.15) is 11.5 Å². The molecule has 2 aromatic rings. The van der Waals surface area contributed by atoms with Crippen LogP contribution in [0.5, 0.6) is 0 Å². The molecule has 30 heavy (non-hydrogen) atoms. The average molecular weight is 410 g/mol. The van der Waals surface area contributed by atoms with Gasteiger partial charge in [-0.15, -0.1) is 0 Å². The number of rotatable bonds is 7. The van der Waals surface area contributed by atoms with Gasteiger partial charge in [-0.1, -0.05) is 42.0 Å². The summed E-state index contributed by atoms with van der Waals surface area (Å²) in [5, 5.41) is 8.51. The Hall–Kier alpha value is -3.06. The second kappa shape index (κ2) is 9.63. The fourth-order valence-corrected chi connectivity index (χ4v) is 3.33. The van der Waals surface area contributed by atoms with Crippen LogP contribution in [0.25, 0.3) is 0 Å². The van der Waals surface area contributed by atoms with E-state index in [9.17, 15) is 14.0 Å². The third kappa shape index (κ3) is 5.51. The van der Waals surface area contributed by atoms with Crippen molar-refractivity contribution in [3.05, 3.63) is 71.0 Å². The average Bonchev–Trinajstić information content (AvgIpc) is 2.72. The quantitative estimate of drug-likeness (QED) is 0.763. The molecule has 0 fully saturated rings. The van der Waals surface area contributed by atoms with Gasteiger partial charge in [-0.05, 0) is 44.3 Å². The second-order valence-electron chi connectivity index (χ2n) is 7.72. The highest BCUT2D eigenvalue weighted by Gasteiger charge is 2.25. The smallest absolute Gasteiger partial charge is 0.267 e. The number of hydrazone groups is 1. The summed E-state index contributed by atoms with van der Waals surface area (Å²) in [5.41, 5.74) is 3.38. The number of carbonyl (C=O) groups excluding carboxylic acids is 2. The Bertz CT molecular complexity index is 923. The topological polar surface area (TPSA) is 65.0 Å². The van der Waals surface area contributed by atoms with Gasteiger partial charge in [-0.2, -0.15) is 5.10 Å². The molecule has 0 aliphatic carbocycles. The Morgan fingerprint density at radius 1 is 1.13 bits per heavy atom. The summed E-state index contributed by atoms with van der Waals surface area (Å²) in [4.78, 5) is 27.0. The Morgan fingerprint density at radius 2 is 1.80 bits per heavy atom. The molecule has 1 atom stereocenters. The zero-order valence-corrected chi connectivity index (χ0v) is 17.6. The van der Waals surface area contributed by atoms with Gasteiger partial charge in [0.2, 0.25) is 5.91 Å². The number of amides is 2. The van der Waals surface area contributed by atoms with Gasteiger partial charge in [0.15, 0.2) is 0 Å². The first-order chi connectivity index (χ1) is 14.3. The highest BCUT2D eigenvalue weighted by atomic mass is 19.1. The largest absolute Gasteiger partial charge is 0.349 e. The maximum Gasteiger partial charge on any atom is 0.267 e. The summed E-state index contributed by atoms with van der Waals surface area (Å²) in [5.74, 6) is -0.761. The van der Waals surface area contributed by atoms with Crippen LogP contribution in [0.1, 0.15) is 35.6 Å². The van der Waals surface area contributed by atoms with Gasteiger partial charge in [-0.25, -0.2) is 9.40 Å². The number of halogens is 1. The van der Waals surface area contributed by atoms with Crippen molar-refractivity contribution in [2.45, 2.75) is 32.4 Å². The summed E-state index contributed by atoms with van der Waals surface area (Å²) in [6.45, 7) is 2.68. The summed E-state index contributed by atoms with van der Waals surface area (Å²) in [6, 6.07) is 14.2. The number of hydrogen-bond acceptors (Lipinski definition) is 4. The third-order valence-corrected chi connectivity index (χ3v) is 5.15. The van der Waals surface area contributed by atoms with Crippen molar-refractivity contribution >= 4 is 17.5 Å². The van der Waals surface area contributed by atoms with E-state index in [0.29, 0.717) is 18.7 Å². The molecule has 1 heterocycles. The predicted octanol–water partition coefficient (Wildman–Crippen LogP) is 3.03. The maximum absolute atomic E-state index is 13.1. The van der Waals surface area contributed by atoms with Crippen LogP contribution in [0.2, 0.25) is 0 Å². The Kier molecular flexibility index (Phi) is 6.95. The molecule has 0 bridgehead atoms. The lowest BCUT2D eigenvalue weighted by Crippen LogP contribution is -2.41. The fourth-order valence-electron chi connectivity index (χ4n) is 3.33. The standard InChI is InChI=1S/C23H27FN4O2/c1-16-4-8-18(9-5-16)21(27(2)3)14-25-23(30)20-12-13-22(29)28(26-20)15-17-6-10-19(24)11-7-17/h4-11,21H,12-15H2,1-3H3,(H,25,30). The molecule has 0 aromatic heterocycles. The Balaban J connectivity index is 1.66. The highest BCUT2D eigenvalue weighted by Crippen LogP contribution is 2.19. The van der Waals surface area contributed by atoms with E-state index in [1.807, 2.05) is 21.0 Å². The molecule has 1 aliphatic rings. The number of nitrogens with zero attached hydrogens (tertiary/aromatic N) is 3. The maximum atomic E-state index is 13.1. The lowest BCUT2D eigenvalue weighted by molar-refractivity contribution is -0.132. The first-order valence-corrected chi connectivity index (χ1v) is 9.97. The molecule has 0 spiro atoms. The molecule has 2 amide bonds. The normalized spacial score (nSPS) is 15.2. The van der Waals surface area contributed by atoms with Crippen LogP contribution in [-0.2, 0) is 16.1 Å². The minimum absolute atomic E-state index is 0.0238. The van der Waals surface area contributed by atoms with Crippen LogP contribution in [0, 0.1) is 12.7 Å². The van der Waals surface area contributed by atoms with Gasteiger partial charge >= 0.3 is 0 Å². The van der Waals surface area contributed by atoms with Crippen molar-refractivity contribution < 1.29 is 14.0 Å². The van der Waals surface area contributed by atoms with Crippen LogP contribution in [0.15, 0.2) is 53.6 Å². The van der Waals surface area contributed by atoms with Crippen molar-refractivity contribution in [2.75, 3.05) is 20.6 Å². The molecule has 0 saturated carbocycles. The van der Waals surface area contributed by atoms with E-state index in [-0.39, 0.29) is 36.6 Å². The lowest BCUT2D eigenvalue weighted by Gasteiger charge is -2.26. The summed E-state index contributed by atoms with van der Waals surface area (Å²) in [6.07, 6.45) is 0.532. The number of hydrogen-bond donors (Lipinski definition) is 1. The zero-order valence-electron chi connectivity index (χ0n) is 17.6. The van der Waals surface area contributed by atoms with Gasteiger partial charge in [0.05, 0.1) is 12.6 Å².